The van der Waals surface area contributed by atoms with E-state index in [2.05, 4.69) is 10.1 Å². The van der Waals surface area contributed by atoms with Gasteiger partial charge in [0.05, 0.1) is 19.1 Å². The van der Waals surface area contributed by atoms with Crippen molar-refractivity contribution in [3.8, 4) is 0 Å². The molecule has 7 nitrogen and oxygen atoms in total. The number of aliphatic carboxylic acids is 1. The second-order valence-electron chi connectivity index (χ2n) is 4.29. The molecule has 1 heterocycles. The molecule has 0 fully saturated rings. The molecule has 0 aliphatic rings. The number of carboxylic acids is 1. The van der Waals surface area contributed by atoms with Crippen LogP contribution in [0.3, 0.4) is 0 Å². The molecule has 2 aromatic rings. The van der Waals surface area contributed by atoms with Crippen LogP contribution in [-0.4, -0.2) is 36.1 Å². The summed E-state index contributed by atoms with van der Waals surface area (Å²) in [6, 6.07) is 5.50. The standard InChI is InChI=1S/C14H13NO6/c1-20-12(16)6-10(14(18)19)15-13(17)9-7-21-11-5-3-2-4-8(9)11/h2-5,7,10H,6H2,1H3,(H,15,17)(H,18,19)/t10-/m0/s1. The van der Waals surface area contributed by atoms with Gasteiger partial charge in [-0.15, -0.1) is 0 Å². The Morgan fingerprint density at radius 1 is 1.33 bits per heavy atom. The van der Waals surface area contributed by atoms with Gasteiger partial charge in [0.15, 0.2) is 0 Å². The van der Waals surface area contributed by atoms with E-state index in [0.29, 0.717) is 11.0 Å². The van der Waals surface area contributed by atoms with Crippen molar-refractivity contribution in [2.45, 2.75) is 12.5 Å². The van der Waals surface area contributed by atoms with Gasteiger partial charge in [0.25, 0.3) is 5.91 Å². The third-order valence-corrected chi connectivity index (χ3v) is 2.93. The Bertz CT molecular complexity index is 690. The van der Waals surface area contributed by atoms with Gasteiger partial charge in [0.1, 0.15) is 17.9 Å². The molecule has 0 saturated heterocycles. The van der Waals surface area contributed by atoms with E-state index in [0.717, 1.165) is 7.11 Å². The summed E-state index contributed by atoms with van der Waals surface area (Å²) in [4.78, 5) is 34.3. The maximum absolute atomic E-state index is 12.1. The first kappa shape index (κ1) is 14.6. The molecule has 0 bridgehead atoms. The Hall–Kier alpha value is -2.83. The number of carbonyl (C=O) groups is 3. The zero-order valence-electron chi connectivity index (χ0n) is 11.2. The number of carboxylic acid groups (broad SMARTS) is 1. The molecule has 0 saturated carbocycles. The van der Waals surface area contributed by atoms with E-state index in [4.69, 9.17) is 9.52 Å². The topological polar surface area (TPSA) is 106 Å². The zero-order chi connectivity index (χ0) is 15.4. The maximum Gasteiger partial charge on any atom is 0.326 e. The lowest BCUT2D eigenvalue weighted by atomic mass is 10.1. The van der Waals surface area contributed by atoms with Crippen molar-refractivity contribution in [1.82, 2.24) is 5.32 Å². The lowest BCUT2D eigenvalue weighted by Gasteiger charge is -2.12. The van der Waals surface area contributed by atoms with Gasteiger partial charge < -0.3 is 19.6 Å². The van der Waals surface area contributed by atoms with E-state index >= 15 is 0 Å². The molecule has 0 radical (unpaired) electrons. The van der Waals surface area contributed by atoms with E-state index < -0.39 is 30.3 Å². The average molecular weight is 291 g/mol. The van der Waals surface area contributed by atoms with E-state index in [-0.39, 0.29) is 5.56 Å². The van der Waals surface area contributed by atoms with E-state index in [1.165, 1.54) is 6.26 Å². The van der Waals surface area contributed by atoms with Crippen molar-refractivity contribution < 1.29 is 28.6 Å². The Kier molecular flexibility index (Phi) is 4.22. The molecular formula is C14H13NO6. The largest absolute Gasteiger partial charge is 0.480 e. The van der Waals surface area contributed by atoms with Crippen LogP contribution in [0.4, 0.5) is 0 Å². The molecule has 0 aliphatic heterocycles. The molecular weight excluding hydrogens is 278 g/mol. The van der Waals surface area contributed by atoms with Crippen molar-refractivity contribution in [2.75, 3.05) is 7.11 Å². The zero-order valence-corrected chi connectivity index (χ0v) is 11.2. The van der Waals surface area contributed by atoms with Crippen LogP contribution in [-0.2, 0) is 14.3 Å². The van der Waals surface area contributed by atoms with Crippen molar-refractivity contribution in [2.24, 2.45) is 0 Å². The molecule has 1 atom stereocenters. The Morgan fingerprint density at radius 2 is 2.05 bits per heavy atom. The van der Waals surface area contributed by atoms with Gasteiger partial charge in [-0.1, -0.05) is 18.2 Å². The van der Waals surface area contributed by atoms with Crippen LogP contribution in [0, 0.1) is 0 Å². The lowest BCUT2D eigenvalue weighted by molar-refractivity contribution is -0.147. The number of amides is 1. The quantitative estimate of drug-likeness (QED) is 0.801. The minimum Gasteiger partial charge on any atom is -0.480 e. The predicted octanol–water partition coefficient (Wildman–Crippen LogP) is 1.18. The number of hydrogen-bond acceptors (Lipinski definition) is 5. The van der Waals surface area contributed by atoms with Crippen LogP contribution in [0.1, 0.15) is 16.8 Å². The van der Waals surface area contributed by atoms with Crippen LogP contribution in [0.5, 0.6) is 0 Å². The molecule has 1 aromatic carbocycles. The van der Waals surface area contributed by atoms with Gasteiger partial charge in [-0.25, -0.2) is 4.79 Å². The number of esters is 1. The van der Waals surface area contributed by atoms with Crippen LogP contribution < -0.4 is 5.32 Å². The van der Waals surface area contributed by atoms with Gasteiger partial charge in [0.2, 0.25) is 0 Å². The first-order valence-corrected chi connectivity index (χ1v) is 6.09. The molecule has 1 aromatic heterocycles. The summed E-state index contributed by atoms with van der Waals surface area (Å²) in [6.45, 7) is 0. The SMILES string of the molecule is COC(=O)C[C@H](NC(=O)c1coc2ccccc12)C(=O)O. The van der Waals surface area contributed by atoms with Gasteiger partial charge in [-0.05, 0) is 6.07 Å². The highest BCUT2D eigenvalue weighted by Crippen LogP contribution is 2.20. The number of nitrogens with one attached hydrogen (secondary N) is 1. The fraction of sp³-hybridized carbons (Fsp3) is 0.214. The van der Waals surface area contributed by atoms with Gasteiger partial charge >= 0.3 is 11.9 Å². The molecule has 2 N–H and O–H groups in total. The molecule has 1 amide bonds. The average Bonchev–Trinajstić information content (AvgIpc) is 2.90. The highest BCUT2D eigenvalue weighted by Gasteiger charge is 2.25. The first-order valence-electron chi connectivity index (χ1n) is 6.09. The smallest absolute Gasteiger partial charge is 0.326 e. The fourth-order valence-corrected chi connectivity index (χ4v) is 1.84. The number of ether oxygens (including phenoxy) is 1. The number of para-hydroxylation sites is 1. The number of rotatable bonds is 5. The maximum atomic E-state index is 12.1. The number of fused-ring (bicyclic) bond motifs is 1. The summed E-state index contributed by atoms with van der Waals surface area (Å²) in [5.74, 6) is -2.67. The molecule has 110 valence electrons. The van der Waals surface area contributed by atoms with Gasteiger partial charge in [0, 0.05) is 5.39 Å². The number of carbonyl (C=O) groups excluding carboxylic acids is 2. The lowest BCUT2D eigenvalue weighted by Crippen LogP contribution is -2.42. The van der Waals surface area contributed by atoms with Crippen LogP contribution in [0.2, 0.25) is 0 Å². The summed E-state index contributed by atoms with van der Waals surface area (Å²) in [5.41, 5.74) is 0.726. The van der Waals surface area contributed by atoms with Gasteiger partial charge in [-0.3, -0.25) is 9.59 Å². The van der Waals surface area contributed by atoms with Crippen molar-refractivity contribution in [1.29, 1.82) is 0 Å². The van der Waals surface area contributed by atoms with Crippen molar-refractivity contribution >= 4 is 28.8 Å². The number of furan rings is 1. The van der Waals surface area contributed by atoms with E-state index in [9.17, 15) is 14.4 Å². The third kappa shape index (κ3) is 3.19. The van der Waals surface area contributed by atoms with E-state index in [1.807, 2.05) is 0 Å². The summed E-state index contributed by atoms with van der Waals surface area (Å²) < 4.78 is 9.62. The summed E-state index contributed by atoms with van der Waals surface area (Å²) >= 11 is 0. The van der Waals surface area contributed by atoms with Gasteiger partial charge in [-0.2, -0.15) is 0 Å². The van der Waals surface area contributed by atoms with Crippen LogP contribution >= 0.6 is 0 Å². The monoisotopic (exact) mass is 291 g/mol. The number of hydrogen-bond donors (Lipinski definition) is 2. The molecule has 0 unspecified atom stereocenters. The molecule has 0 aliphatic carbocycles. The third-order valence-electron chi connectivity index (χ3n) is 2.93. The number of benzene rings is 1. The Labute approximate surface area is 119 Å². The van der Waals surface area contributed by atoms with Crippen molar-refractivity contribution in [3.63, 3.8) is 0 Å². The molecule has 7 heteroatoms. The molecule has 21 heavy (non-hydrogen) atoms. The minimum atomic E-state index is -1.36. The number of methoxy groups -OCH3 is 1. The van der Waals surface area contributed by atoms with Crippen molar-refractivity contribution in [3.05, 3.63) is 36.1 Å². The highest BCUT2D eigenvalue weighted by atomic mass is 16.5. The normalized spacial score (nSPS) is 11.9. The summed E-state index contributed by atoms with van der Waals surface area (Å²) in [5, 5.41) is 11.9. The van der Waals surface area contributed by atoms with Crippen LogP contribution in [0.15, 0.2) is 34.9 Å². The second-order valence-corrected chi connectivity index (χ2v) is 4.29. The summed E-state index contributed by atoms with van der Waals surface area (Å²) in [7, 11) is 1.15. The fourth-order valence-electron chi connectivity index (χ4n) is 1.84. The predicted molar refractivity (Wildman–Crippen MR) is 71.7 cm³/mol. The Balaban J connectivity index is 2.19. The Morgan fingerprint density at radius 3 is 2.71 bits per heavy atom. The summed E-state index contributed by atoms with van der Waals surface area (Å²) in [6.07, 6.45) is 0.796. The molecule has 2 rings (SSSR count). The minimum absolute atomic E-state index is 0.210. The highest BCUT2D eigenvalue weighted by molar-refractivity contribution is 6.07. The first-order chi connectivity index (χ1) is 10.0. The second kappa shape index (κ2) is 6.08. The molecule has 0 spiro atoms. The van der Waals surface area contributed by atoms with Crippen LogP contribution in [0.25, 0.3) is 11.0 Å². The van der Waals surface area contributed by atoms with E-state index in [1.54, 1.807) is 24.3 Å².